The summed E-state index contributed by atoms with van der Waals surface area (Å²) in [5, 5.41) is 4.65. The van der Waals surface area contributed by atoms with E-state index >= 15 is 0 Å². The molecule has 1 aliphatic carbocycles. The fourth-order valence-corrected chi connectivity index (χ4v) is 5.19. The number of aromatic nitrogens is 4. The van der Waals surface area contributed by atoms with Gasteiger partial charge in [0.15, 0.2) is 5.82 Å². The predicted octanol–water partition coefficient (Wildman–Crippen LogP) is 1.67. The number of aryl methyl sites for hydroxylation is 1. The third-order valence-electron chi connectivity index (χ3n) is 5.99. The lowest BCUT2D eigenvalue weighted by Crippen LogP contribution is -2.41. The lowest BCUT2D eigenvalue weighted by molar-refractivity contribution is 0.477. The smallest absolute Gasteiger partial charge is 0.293 e. The van der Waals surface area contributed by atoms with Gasteiger partial charge in [-0.05, 0) is 42.9 Å². The summed E-state index contributed by atoms with van der Waals surface area (Å²) >= 11 is 1.85. The molecule has 2 aromatic rings. The van der Waals surface area contributed by atoms with Crippen molar-refractivity contribution >= 4 is 17.6 Å². The van der Waals surface area contributed by atoms with Crippen molar-refractivity contribution in [3.05, 3.63) is 50.4 Å². The van der Waals surface area contributed by atoms with Crippen molar-refractivity contribution < 1.29 is 0 Å². The molecule has 0 N–H and O–H groups in total. The van der Waals surface area contributed by atoms with E-state index in [1.54, 1.807) is 27.7 Å². The molecule has 2 aromatic heterocycles. The maximum Gasteiger partial charge on any atom is 0.293 e. The van der Waals surface area contributed by atoms with E-state index in [1.165, 1.54) is 12.8 Å². The van der Waals surface area contributed by atoms with Crippen molar-refractivity contribution in [3.63, 3.8) is 0 Å². The second-order valence-electron chi connectivity index (χ2n) is 8.08. The van der Waals surface area contributed by atoms with Gasteiger partial charge in [0.2, 0.25) is 0 Å². The Bertz CT molecular complexity index is 997. The summed E-state index contributed by atoms with van der Waals surface area (Å²) in [4.78, 5) is 32.0. The first kappa shape index (κ1) is 18.0. The Morgan fingerprint density at radius 2 is 2.07 bits per heavy atom. The number of nitrogens with zero attached hydrogens (tertiary/aromatic N) is 5. The van der Waals surface area contributed by atoms with Crippen molar-refractivity contribution in [2.75, 3.05) is 17.2 Å². The number of anilines is 1. The van der Waals surface area contributed by atoms with E-state index < -0.39 is 0 Å². The van der Waals surface area contributed by atoms with Gasteiger partial charge >= 0.3 is 0 Å². The van der Waals surface area contributed by atoms with Crippen molar-refractivity contribution in [3.8, 4) is 0 Å². The van der Waals surface area contributed by atoms with E-state index in [0.29, 0.717) is 18.3 Å². The molecule has 1 unspecified atom stereocenters. The largest absolute Gasteiger partial charge is 0.347 e. The lowest BCUT2D eigenvalue weighted by Gasteiger charge is -2.26. The topological polar surface area (TPSA) is 73.0 Å². The second kappa shape index (κ2) is 7.39. The number of rotatable bonds is 5. The molecule has 1 atom stereocenters. The molecule has 8 heteroatoms. The zero-order valence-corrected chi connectivity index (χ0v) is 16.7. The first-order valence-corrected chi connectivity index (χ1v) is 11.3. The summed E-state index contributed by atoms with van der Waals surface area (Å²) in [5.41, 5.74) is 2.07. The Balaban J connectivity index is 1.41. The standard InChI is InChI=1S/C20H25N5O2S/c26-18-10-15-13-28-9-5-17(15)22-25(18)12-16-2-1-7-24(16)19-20(27)23(8-6-21-19)11-14-3-4-14/h6,8,10,14,16H,1-5,7,9,11-13H2. The van der Waals surface area contributed by atoms with Crippen LogP contribution in [0.15, 0.2) is 28.0 Å². The van der Waals surface area contributed by atoms with Crippen LogP contribution in [0.5, 0.6) is 0 Å². The minimum absolute atomic E-state index is 0.0101. The zero-order chi connectivity index (χ0) is 19.1. The van der Waals surface area contributed by atoms with Gasteiger partial charge < -0.3 is 9.47 Å². The van der Waals surface area contributed by atoms with E-state index in [2.05, 4.69) is 15.0 Å². The van der Waals surface area contributed by atoms with Crippen LogP contribution in [0.3, 0.4) is 0 Å². The molecule has 0 spiro atoms. The van der Waals surface area contributed by atoms with Crippen LogP contribution in [0.4, 0.5) is 5.82 Å². The number of thioether (sulfide) groups is 1. The molecule has 148 valence electrons. The highest BCUT2D eigenvalue weighted by Gasteiger charge is 2.30. The third kappa shape index (κ3) is 3.50. The maximum absolute atomic E-state index is 12.9. The highest BCUT2D eigenvalue weighted by Crippen LogP contribution is 2.30. The Morgan fingerprint density at radius 1 is 1.18 bits per heavy atom. The van der Waals surface area contributed by atoms with Crippen molar-refractivity contribution in [1.29, 1.82) is 0 Å². The maximum atomic E-state index is 12.9. The average molecular weight is 400 g/mol. The SMILES string of the molecule is O=c1c(N2CCCC2Cn2nc3c(cc2=O)CSCC3)nccn1CC1CC1. The molecule has 3 aliphatic rings. The van der Waals surface area contributed by atoms with Gasteiger partial charge in [-0.2, -0.15) is 16.9 Å². The fraction of sp³-hybridized carbons (Fsp3) is 0.600. The van der Waals surface area contributed by atoms with Gasteiger partial charge in [0.05, 0.1) is 18.3 Å². The van der Waals surface area contributed by atoms with Crippen LogP contribution in [-0.2, 0) is 25.3 Å². The number of fused-ring (bicyclic) bond motifs is 1. The minimum atomic E-state index is -0.0414. The molecule has 2 aliphatic heterocycles. The van der Waals surface area contributed by atoms with E-state index in [-0.39, 0.29) is 17.2 Å². The van der Waals surface area contributed by atoms with Crippen LogP contribution in [0.2, 0.25) is 0 Å². The third-order valence-corrected chi connectivity index (χ3v) is 6.99. The molecule has 1 saturated carbocycles. The summed E-state index contributed by atoms with van der Waals surface area (Å²) in [6, 6.07) is 1.83. The van der Waals surface area contributed by atoms with E-state index in [9.17, 15) is 9.59 Å². The normalized spacial score (nSPS) is 21.7. The number of hydrogen-bond acceptors (Lipinski definition) is 6. The number of hydrogen-bond donors (Lipinski definition) is 0. The summed E-state index contributed by atoms with van der Waals surface area (Å²) in [7, 11) is 0. The summed E-state index contributed by atoms with van der Waals surface area (Å²) < 4.78 is 3.40. The van der Waals surface area contributed by atoms with Crippen LogP contribution < -0.4 is 16.0 Å². The summed E-state index contributed by atoms with van der Waals surface area (Å²) in [6.07, 6.45) is 8.81. The Hall–Kier alpha value is -2.09. The lowest BCUT2D eigenvalue weighted by atomic mass is 10.2. The van der Waals surface area contributed by atoms with Crippen LogP contribution in [0.25, 0.3) is 0 Å². The van der Waals surface area contributed by atoms with Crippen LogP contribution >= 0.6 is 11.8 Å². The van der Waals surface area contributed by atoms with Crippen molar-refractivity contribution in [1.82, 2.24) is 19.3 Å². The molecule has 0 bridgehead atoms. The van der Waals surface area contributed by atoms with Gasteiger partial charge in [-0.1, -0.05) is 0 Å². The van der Waals surface area contributed by atoms with Gasteiger partial charge in [-0.15, -0.1) is 0 Å². The summed E-state index contributed by atoms with van der Waals surface area (Å²) in [5.74, 6) is 3.09. The van der Waals surface area contributed by atoms with Crippen LogP contribution in [-0.4, -0.2) is 37.7 Å². The van der Waals surface area contributed by atoms with E-state index in [1.807, 2.05) is 11.8 Å². The molecule has 0 amide bonds. The molecule has 28 heavy (non-hydrogen) atoms. The van der Waals surface area contributed by atoms with Crippen LogP contribution in [0, 0.1) is 5.92 Å². The quantitative estimate of drug-likeness (QED) is 0.762. The molecular formula is C20H25N5O2S. The Morgan fingerprint density at radius 3 is 2.93 bits per heavy atom. The van der Waals surface area contributed by atoms with Gasteiger partial charge in [0, 0.05) is 43.7 Å². The Labute approximate surface area is 167 Å². The van der Waals surface area contributed by atoms with Crippen LogP contribution in [0.1, 0.15) is 36.9 Å². The molecule has 2 fully saturated rings. The minimum Gasteiger partial charge on any atom is -0.347 e. The first-order chi connectivity index (χ1) is 13.7. The molecule has 1 saturated heterocycles. The van der Waals surface area contributed by atoms with Gasteiger partial charge in [-0.25, -0.2) is 9.67 Å². The molecule has 4 heterocycles. The molecule has 0 radical (unpaired) electrons. The van der Waals surface area contributed by atoms with Crippen molar-refractivity contribution in [2.45, 2.75) is 57.0 Å². The van der Waals surface area contributed by atoms with Gasteiger partial charge in [0.1, 0.15) is 0 Å². The summed E-state index contributed by atoms with van der Waals surface area (Å²) in [6.45, 7) is 2.10. The monoisotopic (exact) mass is 399 g/mol. The Kier molecular flexibility index (Phi) is 4.74. The van der Waals surface area contributed by atoms with Gasteiger partial charge in [0.25, 0.3) is 11.1 Å². The average Bonchev–Trinajstić information content (AvgIpc) is 3.40. The molecule has 5 rings (SSSR count). The van der Waals surface area contributed by atoms with Gasteiger partial charge in [-0.3, -0.25) is 9.59 Å². The first-order valence-electron chi connectivity index (χ1n) is 10.2. The molecule has 0 aromatic carbocycles. The molecular weight excluding hydrogens is 374 g/mol. The van der Waals surface area contributed by atoms with E-state index in [4.69, 9.17) is 0 Å². The highest BCUT2D eigenvalue weighted by atomic mass is 32.2. The zero-order valence-electron chi connectivity index (χ0n) is 15.9. The van der Waals surface area contributed by atoms with Crippen molar-refractivity contribution in [2.24, 2.45) is 5.92 Å². The van der Waals surface area contributed by atoms with E-state index in [0.717, 1.165) is 55.1 Å². The fourth-order valence-electron chi connectivity index (χ4n) is 4.24. The second-order valence-corrected chi connectivity index (χ2v) is 9.19. The highest BCUT2D eigenvalue weighted by molar-refractivity contribution is 7.98. The predicted molar refractivity (Wildman–Crippen MR) is 110 cm³/mol. The molecule has 7 nitrogen and oxygen atoms in total.